The summed E-state index contributed by atoms with van der Waals surface area (Å²) >= 11 is 2.61. The van der Waals surface area contributed by atoms with Crippen molar-refractivity contribution in [2.45, 2.75) is 24.7 Å². The number of nitrogens with zero attached hydrogens (tertiary/aromatic N) is 3. The zero-order chi connectivity index (χ0) is 14.5. The number of nitrogens with one attached hydrogen (secondary N) is 1. The summed E-state index contributed by atoms with van der Waals surface area (Å²) in [5.74, 6) is 0.258. The molecular formula is C12H15N5OS2. The molecule has 3 N–H and O–H groups in total. The van der Waals surface area contributed by atoms with Crippen LogP contribution in [0.5, 0.6) is 0 Å². The average molecular weight is 309 g/mol. The maximum absolute atomic E-state index is 11.7. The van der Waals surface area contributed by atoms with E-state index in [4.69, 9.17) is 5.73 Å². The highest BCUT2D eigenvalue weighted by molar-refractivity contribution is 8.01. The predicted molar refractivity (Wildman–Crippen MR) is 80.6 cm³/mol. The molecule has 2 aromatic rings. The van der Waals surface area contributed by atoms with Crippen LogP contribution < -0.4 is 11.1 Å². The Morgan fingerprint density at radius 2 is 2.05 bits per heavy atom. The topological polar surface area (TPSA) is 93.8 Å². The zero-order valence-electron chi connectivity index (χ0n) is 11.2. The number of hydrogen-bond donors (Lipinski definition) is 2. The van der Waals surface area contributed by atoms with Crippen LogP contribution in [-0.4, -0.2) is 26.8 Å². The molecule has 0 spiro atoms. The molecule has 0 fully saturated rings. The molecule has 20 heavy (non-hydrogen) atoms. The van der Waals surface area contributed by atoms with E-state index in [1.54, 1.807) is 0 Å². The molecule has 0 atom stereocenters. The summed E-state index contributed by atoms with van der Waals surface area (Å²) in [6.07, 6.45) is 0. The van der Waals surface area contributed by atoms with Gasteiger partial charge < -0.3 is 11.1 Å². The SMILES string of the molecule is Cc1cc(CNC(=O)CSc2nnc(N)s2)cc(C)n1. The number of rotatable bonds is 5. The number of thioether (sulfide) groups is 1. The van der Waals surface area contributed by atoms with E-state index in [1.807, 2.05) is 26.0 Å². The number of carbonyl (C=O) groups excluding carboxylic acids is 1. The molecule has 0 aromatic carbocycles. The monoisotopic (exact) mass is 309 g/mol. The highest BCUT2D eigenvalue weighted by atomic mass is 32.2. The Morgan fingerprint density at radius 1 is 1.35 bits per heavy atom. The van der Waals surface area contributed by atoms with Crippen molar-refractivity contribution < 1.29 is 4.79 Å². The number of pyridine rings is 1. The van der Waals surface area contributed by atoms with Crippen LogP contribution in [0.25, 0.3) is 0 Å². The number of aryl methyl sites for hydroxylation is 2. The van der Waals surface area contributed by atoms with E-state index in [0.29, 0.717) is 21.8 Å². The van der Waals surface area contributed by atoms with Crippen molar-refractivity contribution in [2.24, 2.45) is 0 Å². The van der Waals surface area contributed by atoms with E-state index in [-0.39, 0.29) is 5.91 Å². The molecule has 0 aliphatic carbocycles. The lowest BCUT2D eigenvalue weighted by molar-refractivity contribution is -0.118. The van der Waals surface area contributed by atoms with Crippen molar-refractivity contribution in [1.29, 1.82) is 0 Å². The molecule has 2 rings (SSSR count). The molecule has 0 saturated carbocycles. The lowest BCUT2D eigenvalue weighted by atomic mass is 10.2. The van der Waals surface area contributed by atoms with E-state index in [0.717, 1.165) is 17.0 Å². The standard InChI is InChI=1S/C12H15N5OS2/c1-7-3-9(4-8(2)15-7)5-14-10(18)6-19-12-17-16-11(13)20-12/h3-4H,5-6H2,1-2H3,(H2,13,16)(H,14,18). The number of nitrogen functional groups attached to an aromatic ring is 1. The first-order valence-electron chi connectivity index (χ1n) is 5.95. The van der Waals surface area contributed by atoms with Gasteiger partial charge in [-0.1, -0.05) is 23.1 Å². The summed E-state index contributed by atoms with van der Waals surface area (Å²) in [5, 5.41) is 10.8. The molecule has 0 saturated heterocycles. The van der Waals surface area contributed by atoms with Crippen LogP contribution in [-0.2, 0) is 11.3 Å². The maximum Gasteiger partial charge on any atom is 0.230 e. The number of anilines is 1. The van der Waals surface area contributed by atoms with Crippen LogP contribution in [0, 0.1) is 13.8 Å². The molecule has 2 aromatic heterocycles. The number of nitrogens with two attached hydrogens (primary N) is 1. The van der Waals surface area contributed by atoms with Gasteiger partial charge in [-0.2, -0.15) is 0 Å². The van der Waals surface area contributed by atoms with Gasteiger partial charge in [-0.05, 0) is 31.5 Å². The Kier molecular flexibility index (Phi) is 4.91. The smallest absolute Gasteiger partial charge is 0.230 e. The minimum atomic E-state index is -0.0455. The van der Waals surface area contributed by atoms with Crippen molar-refractivity contribution in [2.75, 3.05) is 11.5 Å². The second-order valence-electron chi connectivity index (χ2n) is 4.23. The summed E-state index contributed by atoms with van der Waals surface area (Å²) in [6.45, 7) is 4.38. The number of amides is 1. The first-order valence-corrected chi connectivity index (χ1v) is 7.76. The molecule has 1 amide bonds. The minimum absolute atomic E-state index is 0.0455. The van der Waals surface area contributed by atoms with Gasteiger partial charge in [0.15, 0.2) is 4.34 Å². The molecule has 106 valence electrons. The Hall–Kier alpha value is -1.67. The predicted octanol–water partition coefficient (Wildman–Crippen LogP) is 1.54. The molecule has 0 radical (unpaired) electrons. The third-order valence-electron chi connectivity index (χ3n) is 2.38. The minimum Gasteiger partial charge on any atom is -0.374 e. The van der Waals surface area contributed by atoms with Crippen LogP contribution >= 0.6 is 23.1 Å². The molecule has 2 heterocycles. The average Bonchev–Trinajstić information content (AvgIpc) is 2.79. The van der Waals surface area contributed by atoms with E-state index < -0.39 is 0 Å². The highest BCUT2D eigenvalue weighted by Gasteiger charge is 2.07. The summed E-state index contributed by atoms with van der Waals surface area (Å²) in [6, 6.07) is 3.93. The van der Waals surface area contributed by atoms with Crippen molar-refractivity contribution in [3.63, 3.8) is 0 Å². The van der Waals surface area contributed by atoms with Crippen molar-refractivity contribution in [3.8, 4) is 0 Å². The highest BCUT2D eigenvalue weighted by Crippen LogP contribution is 2.22. The van der Waals surface area contributed by atoms with E-state index in [2.05, 4.69) is 20.5 Å². The molecule has 6 nitrogen and oxygen atoms in total. The van der Waals surface area contributed by atoms with Crippen LogP contribution in [0.3, 0.4) is 0 Å². The van der Waals surface area contributed by atoms with Crippen molar-refractivity contribution in [1.82, 2.24) is 20.5 Å². The molecule has 0 unspecified atom stereocenters. The van der Waals surface area contributed by atoms with Gasteiger partial charge in [0.05, 0.1) is 5.75 Å². The largest absolute Gasteiger partial charge is 0.374 e. The van der Waals surface area contributed by atoms with Crippen LogP contribution in [0.4, 0.5) is 5.13 Å². The Labute approximate surface area is 125 Å². The third kappa shape index (κ3) is 4.46. The van der Waals surface area contributed by atoms with Gasteiger partial charge in [0.1, 0.15) is 0 Å². The van der Waals surface area contributed by atoms with Gasteiger partial charge >= 0.3 is 0 Å². The third-order valence-corrected chi connectivity index (χ3v) is 4.27. The molecule has 0 bridgehead atoms. The maximum atomic E-state index is 11.7. The van der Waals surface area contributed by atoms with E-state index in [1.165, 1.54) is 23.1 Å². The summed E-state index contributed by atoms with van der Waals surface area (Å²) < 4.78 is 0.702. The Balaban J connectivity index is 1.80. The molecule has 8 heteroatoms. The Morgan fingerprint density at radius 3 is 2.65 bits per heavy atom. The fraction of sp³-hybridized carbons (Fsp3) is 0.333. The first kappa shape index (κ1) is 14.7. The van der Waals surface area contributed by atoms with E-state index in [9.17, 15) is 4.79 Å². The number of carbonyl (C=O) groups is 1. The summed E-state index contributed by atoms with van der Waals surface area (Å²) in [4.78, 5) is 16.0. The number of aromatic nitrogens is 3. The fourth-order valence-electron chi connectivity index (χ4n) is 1.68. The number of hydrogen-bond acceptors (Lipinski definition) is 7. The van der Waals surface area contributed by atoms with Crippen LogP contribution in [0.15, 0.2) is 16.5 Å². The van der Waals surface area contributed by atoms with Gasteiger partial charge in [-0.3, -0.25) is 9.78 Å². The lowest BCUT2D eigenvalue weighted by Crippen LogP contribution is -2.24. The van der Waals surface area contributed by atoms with Gasteiger partial charge in [0, 0.05) is 17.9 Å². The van der Waals surface area contributed by atoms with Crippen molar-refractivity contribution in [3.05, 3.63) is 29.1 Å². The first-order chi connectivity index (χ1) is 9.52. The lowest BCUT2D eigenvalue weighted by Gasteiger charge is -2.06. The van der Waals surface area contributed by atoms with E-state index >= 15 is 0 Å². The van der Waals surface area contributed by atoms with Gasteiger partial charge in [-0.15, -0.1) is 10.2 Å². The van der Waals surface area contributed by atoms with Gasteiger partial charge in [-0.25, -0.2) is 0 Å². The molecule has 0 aliphatic heterocycles. The van der Waals surface area contributed by atoms with Crippen molar-refractivity contribution >= 4 is 34.1 Å². The summed E-state index contributed by atoms with van der Waals surface area (Å²) in [5.41, 5.74) is 8.43. The quantitative estimate of drug-likeness (QED) is 0.814. The van der Waals surface area contributed by atoms with Crippen LogP contribution in [0.2, 0.25) is 0 Å². The zero-order valence-corrected chi connectivity index (χ0v) is 12.8. The van der Waals surface area contributed by atoms with Crippen LogP contribution in [0.1, 0.15) is 17.0 Å². The normalized spacial score (nSPS) is 10.5. The Bertz CT molecular complexity index is 593. The summed E-state index contributed by atoms with van der Waals surface area (Å²) in [7, 11) is 0. The van der Waals surface area contributed by atoms with Gasteiger partial charge in [0.2, 0.25) is 11.0 Å². The van der Waals surface area contributed by atoms with Gasteiger partial charge in [0.25, 0.3) is 0 Å². The fourth-order valence-corrected chi connectivity index (χ4v) is 3.15. The second kappa shape index (κ2) is 6.67. The molecule has 0 aliphatic rings. The molecular weight excluding hydrogens is 294 g/mol. The second-order valence-corrected chi connectivity index (χ2v) is 6.46.